The van der Waals surface area contributed by atoms with Gasteiger partial charge in [0.2, 0.25) is 0 Å². The van der Waals surface area contributed by atoms with Crippen LogP contribution in [0.2, 0.25) is 0 Å². The zero-order chi connectivity index (χ0) is 16.4. The maximum atomic E-state index is 13.5. The van der Waals surface area contributed by atoms with E-state index in [0.717, 1.165) is 24.8 Å². The summed E-state index contributed by atoms with van der Waals surface area (Å²) in [6.45, 7) is 2.21. The molecule has 1 aliphatic carbocycles. The minimum atomic E-state index is -0.672. The summed E-state index contributed by atoms with van der Waals surface area (Å²) in [7, 11) is 0. The molecule has 0 radical (unpaired) electrons. The van der Waals surface area contributed by atoms with E-state index < -0.39 is 11.7 Å². The van der Waals surface area contributed by atoms with Gasteiger partial charge in [-0.1, -0.05) is 19.1 Å². The van der Waals surface area contributed by atoms with Gasteiger partial charge in [-0.15, -0.1) is 11.3 Å². The van der Waals surface area contributed by atoms with Gasteiger partial charge in [0, 0.05) is 10.3 Å². The van der Waals surface area contributed by atoms with Crippen molar-refractivity contribution in [2.24, 2.45) is 5.92 Å². The molecule has 2 N–H and O–H groups in total. The van der Waals surface area contributed by atoms with Crippen LogP contribution in [0.25, 0.3) is 0 Å². The number of nitrogens with one attached hydrogen (secondary N) is 2. The zero-order valence-electron chi connectivity index (χ0n) is 12.7. The molecule has 0 saturated carbocycles. The van der Waals surface area contributed by atoms with Gasteiger partial charge in [-0.3, -0.25) is 20.4 Å². The highest BCUT2D eigenvalue weighted by atomic mass is 32.1. The average molecular weight is 332 g/mol. The fourth-order valence-electron chi connectivity index (χ4n) is 2.76. The number of carbonyl (C=O) groups is 2. The molecular weight excluding hydrogens is 315 g/mol. The van der Waals surface area contributed by atoms with Crippen molar-refractivity contribution in [1.29, 1.82) is 0 Å². The van der Waals surface area contributed by atoms with Gasteiger partial charge in [-0.2, -0.15) is 0 Å². The van der Waals surface area contributed by atoms with Crippen LogP contribution in [0.1, 0.15) is 44.5 Å². The molecule has 23 heavy (non-hydrogen) atoms. The normalized spacial score (nSPS) is 16.5. The lowest BCUT2D eigenvalue weighted by atomic mass is 9.88. The van der Waals surface area contributed by atoms with Crippen molar-refractivity contribution in [2.75, 3.05) is 0 Å². The first-order chi connectivity index (χ1) is 11.1. The molecule has 0 saturated heterocycles. The lowest BCUT2D eigenvalue weighted by Gasteiger charge is -2.18. The molecule has 3 rings (SSSR count). The number of hydrazine groups is 1. The second-order valence-electron chi connectivity index (χ2n) is 5.79. The standard InChI is InChI=1S/C17H17FN2O2S/c1-10-6-7-11-13(9-23-15(11)8-10)17(22)20-19-16(21)12-4-2-3-5-14(12)18/h2-5,9-10H,6-8H2,1H3,(H,19,21)(H,20,22). The molecule has 1 aliphatic rings. The minimum Gasteiger partial charge on any atom is -0.267 e. The first-order valence-corrected chi connectivity index (χ1v) is 8.38. The topological polar surface area (TPSA) is 58.2 Å². The van der Waals surface area contributed by atoms with Crippen LogP contribution >= 0.6 is 11.3 Å². The third-order valence-corrected chi connectivity index (χ3v) is 5.11. The van der Waals surface area contributed by atoms with Crippen LogP contribution in [-0.4, -0.2) is 11.8 Å². The Labute approximate surface area is 137 Å². The Morgan fingerprint density at radius 1 is 1.17 bits per heavy atom. The molecule has 1 aromatic carbocycles. The Hall–Kier alpha value is -2.21. The second kappa shape index (κ2) is 6.50. The van der Waals surface area contributed by atoms with Gasteiger partial charge in [0.15, 0.2) is 0 Å². The summed E-state index contributed by atoms with van der Waals surface area (Å²) in [5.74, 6) is -1.02. The third kappa shape index (κ3) is 3.27. The van der Waals surface area contributed by atoms with Crippen LogP contribution in [0.5, 0.6) is 0 Å². The largest absolute Gasteiger partial charge is 0.272 e. The van der Waals surface area contributed by atoms with Gasteiger partial charge >= 0.3 is 0 Å². The molecule has 4 nitrogen and oxygen atoms in total. The number of benzene rings is 1. The molecule has 120 valence electrons. The molecule has 2 amide bonds. The summed E-state index contributed by atoms with van der Waals surface area (Å²) >= 11 is 1.58. The molecule has 1 aromatic heterocycles. The average Bonchev–Trinajstić information content (AvgIpc) is 2.95. The van der Waals surface area contributed by atoms with Crippen molar-refractivity contribution in [3.63, 3.8) is 0 Å². The summed E-state index contributed by atoms with van der Waals surface area (Å²) in [5, 5.41) is 1.83. The lowest BCUT2D eigenvalue weighted by Crippen LogP contribution is -2.42. The molecule has 0 spiro atoms. The maximum Gasteiger partial charge on any atom is 0.272 e. The van der Waals surface area contributed by atoms with E-state index in [0.29, 0.717) is 11.5 Å². The van der Waals surface area contributed by atoms with Gasteiger partial charge in [0.1, 0.15) is 5.82 Å². The maximum absolute atomic E-state index is 13.5. The molecule has 0 fully saturated rings. The smallest absolute Gasteiger partial charge is 0.267 e. The van der Waals surface area contributed by atoms with E-state index in [9.17, 15) is 14.0 Å². The molecule has 1 unspecified atom stereocenters. The third-order valence-electron chi connectivity index (χ3n) is 4.05. The van der Waals surface area contributed by atoms with Crippen molar-refractivity contribution in [3.05, 3.63) is 57.0 Å². The molecule has 6 heteroatoms. The second-order valence-corrected chi connectivity index (χ2v) is 6.75. The van der Waals surface area contributed by atoms with E-state index >= 15 is 0 Å². The van der Waals surface area contributed by atoms with Crippen molar-refractivity contribution in [3.8, 4) is 0 Å². The summed E-state index contributed by atoms with van der Waals surface area (Å²) in [4.78, 5) is 25.4. The zero-order valence-corrected chi connectivity index (χ0v) is 13.5. The number of amides is 2. The Morgan fingerprint density at radius 2 is 1.87 bits per heavy atom. The van der Waals surface area contributed by atoms with Crippen LogP contribution in [0, 0.1) is 11.7 Å². The molecule has 1 heterocycles. The fourth-order valence-corrected chi connectivity index (χ4v) is 4.01. The van der Waals surface area contributed by atoms with E-state index in [4.69, 9.17) is 0 Å². The SMILES string of the molecule is CC1CCc2c(C(=O)NNC(=O)c3ccccc3F)csc2C1. The highest BCUT2D eigenvalue weighted by Crippen LogP contribution is 2.32. The minimum absolute atomic E-state index is 0.103. The van der Waals surface area contributed by atoms with E-state index in [2.05, 4.69) is 17.8 Å². The Balaban J connectivity index is 1.67. The van der Waals surface area contributed by atoms with E-state index in [1.165, 1.54) is 23.1 Å². The first-order valence-electron chi connectivity index (χ1n) is 7.50. The molecule has 0 bridgehead atoms. The number of carbonyl (C=O) groups excluding carboxylic acids is 2. The van der Waals surface area contributed by atoms with Crippen molar-refractivity contribution < 1.29 is 14.0 Å². The van der Waals surface area contributed by atoms with Crippen LogP contribution in [0.3, 0.4) is 0 Å². The number of hydrogen-bond acceptors (Lipinski definition) is 3. The predicted molar refractivity (Wildman–Crippen MR) is 86.8 cm³/mol. The predicted octanol–water partition coefficient (Wildman–Crippen LogP) is 3.09. The van der Waals surface area contributed by atoms with Gasteiger partial charge < -0.3 is 0 Å². The monoisotopic (exact) mass is 332 g/mol. The van der Waals surface area contributed by atoms with Crippen molar-refractivity contribution in [2.45, 2.75) is 26.2 Å². The van der Waals surface area contributed by atoms with Crippen LogP contribution in [0.15, 0.2) is 29.6 Å². The number of halogens is 1. The van der Waals surface area contributed by atoms with Crippen LogP contribution < -0.4 is 10.9 Å². The molecule has 0 aliphatic heterocycles. The summed E-state index contributed by atoms with van der Waals surface area (Å²) in [5.41, 5.74) is 6.22. The highest BCUT2D eigenvalue weighted by Gasteiger charge is 2.23. The Bertz CT molecular complexity index is 757. The first kappa shape index (κ1) is 15.7. The van der Waals surface area contributed by atoms with Gasteiger partial charge in [-0.25, -0.2) is 4.39 Å². The van der Waals surface area contributed by atoms with Crippen LogP contribution in [-0.2, 0) is 12.8 Å². The fraction of sp³-hybridized carbons (Fsp3) is 0.294. The number of hydrogen-bond donors (Lipinski definition) is 2. The summed E-state index contributed by atoms with van der Waals surface area (Å²) in [6.07, 6.45) is 2.93. The van der Waals surface area contributed by atoms with E-state index in [-0.39, 0.29) is 11.5 Å². The highest BCUT2D eigenvalue weighted by molar-refractivity contribution is 7.10. The number of thiophene rings is 1. The number of fused-ring (bicyclic) bond motifs is 1. The lowest BCUT2D eigenvalue weighted by molar-refractivity contribution is 0.0844. The van der Waals surface area contributed by atoms with Crippen LogP contribution in [0.4, 0.5) is 4.39 Å². The van der Waals surface area contributed by atoms with E-state index in [1.807, 2.05) is 5.38 Å². The molecular formula is C17H17FN2O2S. The summed E-state index contributed by atoms with van der Waals surface area (Å²) < 4.78 is 13.5. The van der Waals surface area contributed by atoms with Gasteiger partial charge in [0.05, 0.1) is 11.1 Å². The van der Waals surface area contributed by atoms with Gasteiger partial charge in [0.25, 0.3) is 11.8 Å². The quantitative estimate of drug-likeness (QED) is 0.830. The summed E-state index contributed by atoms with van der Waals surface area (Å²) in [6, 6.07) is 5.64. The van der Waals surface area contributed by atoms with Crippen molar-refractivity contribution >= 4 is 23.2 Å². The van der Waals surface area contributed by atoms with Gasteiger partial charge in [-0.05, 0) is 42.9 Å². The Morgan fingerprint density at radius 3 is 2.61 bits per heavy atom. The van der Waals surface area contributed by atoms with Crippen molar-refractivity contribution in [1.82, 2.24) is 10.9 Å². The Kier molecular flexibility index (Phi) is 4.43. The number of rotatable bonds is 2. The van der Waals surface area contributed by atoms with E-state index in [1.54, 1.807) is 17.4 Å². The molecule has 1 atom stereocenters. The molecule has 2 aromatic rings.